The number of allylic oxidation sites excluding steroid dienone is 1. The highest BCUT2D eigenvalue weighted by Crippen LogP contribution is 2.68. The Morgan fingerprint density at radius 2 is 1.36 bits per heavy atom. The van der Waals surface area contributed by atoms with Crippen LogP contribution in [0.5, 0.6) is 0 Å². The van der Waals surface area contributed by atoms with Crippen molar-refractivity contribution in [2.24, 2.45) is 64.1 Å². The third-order valence-corrected chi connectivity index (χ3v) is 10.8. The highest BCUT2D eigenvalue weighted by molar-refractivity contribution is 5.10. The van der Waals surface area contributed by atoms with Gasteiger partial charge in [0.25, 0.3) is 0 Å². The molecule has 0 aromatic rings. The first-order chi connectivity index (χ1) is 13.2. The van der Waals surface area contributed by atoms with Crippen molar-refractivity contribution in [1.82, 2.24) is 0 Å². The van der Waals surface area contributed by atoms with E-state index in [1.54, 1.807) is 0 Å². The molecule has 6 rings (SSSR count). The van der Waals surface area contributed by atoms with E-state index in [9.17, 15) is 0 Å². The Morgan fingerprint density at radius 3 is 1.75 bits per heavy atom. The van der Waals surface area contributed by atoms with E-state index in [2.05, 4.69) is 54.5 Å². The first-order valence-corrected chi connectivity index (χ1v) is 12.5. The largest absolute Gasteiger partial charge is 0.502 e. The fraction of sp³-hybridized carbons (Fsp3) is 0.926. The summed E-state index contributed by atoms with van der Waals surface area (Å²) in [7, 11) is 0. The van der Waals surface area contributed by atoms with Crippen LogP contribution in [0.4, 0.5) is 0 Å². The Labute approximate surface area is 175 Å². The summed E-state index contributed by atoms with van der Waals surface area (Å²) in [5.41, 5.74) is 1.20. The van der Waals surface area contributed by atoms with E-state index in [0.29, 0.717) is 10.8 Å². The average molecular weight is 387 g/mol. The molecule has 0 amide bonds. The van der Waals surface area contributed by atoms with Gasteiger partial charge < -0.3 is 4.74 Å². The maximum absolute atomic E-state index is 5.71. The average Bonchev–Trinajstić information content (AvgIpc) is 2.65. The number of fused-ring (bicyclic) bond motifs is 4. The van der Waals surface area contributed by atoms with E-state index in [4.69, 9.17) is 4.74 Å². The molecule has 4 unspecified atom stereocenters. The fourth-order valence-corrected chi connectivity index (χ4v) is 8.64. The van der Waals surface area contributed by atoms with Gasteiger partial charge in [0, 0.05) is 0 Å². The van der Waals surface area contributed by atoms with Gasteiger partial charge in [0.1, 0.15) is 0 Å². The van der Waals surface area contributed by atoms with Crippen LogP contribution < -0.4 is 0 Å². The topological polar surface area (TPSA) is 9.23 Å². The lowest BCUT2D eigenvalue weighted by Gasteiger charge is -2.67. The quantitative estimate of drug-likeness (QED) is 0.324. The van der Waals surface area contributed by atoms with Crippen molar-refractivity contribution in [3.8, 4) is 0 Å². The van der Waals surface area contributed by atoms with E-state index in [1.165, 1.54) is 32.1 Å². The first kappa shape index (κ1) is 20.8. The summed E-state index contributed by atoms with van der Waals surface area (Å²) in [6, 6.07) is 0. The lowest BCUT2D eigenvalue weighted by atomic mass is 9.38. The zero-order chi connectivity index (χ0) is 20.3. The third kappa shape index (κ3) is 3.09. The van der Waals surface area contributed by atoms with Crippen LogP contribution in [0.1, 0.15) is 87.0 Å². The first-order valence-electron chi connectivity index (χ1n) is 12.5. The van der Waals surface area contributed by atoms with E-state index in [-0.39, 0.29) is 0 Å². The van der Waals surface area contributed by atoms with Crippen molar-refractivity contribution in [1.29, 1.82) is 0 Å². The van der Waals surface area contributed by atoms with Gasteiger partial charge in [0.2, 0.25) is 0 Å². The second kappa shape index (κ2) is 7.35. The molecule has 0 aliphatic heterocycles. The molecule has 6 aliphatic rings. The Balaban J connectivity index is 1.51. The summed E-state index contributed by atoms with van der Waals surface area (Å²) in [6.07, 6.45) is 12.7. The van der Waals surface area contributed by atoms with Crippen molar-refractivity contribution in [2.45, 2.75) is 87.0 Å². The number of ether oxygens (including phenoxy) is 1. The molecule has 8 atom stereocenters. The van der Waals surface area contributed by atoms with Gasteiger partial charge in [-0.1, -0.05) is 48.5 Å². The van der Waals surface area contributed by atoms with Crippen LogP contribution in [0.2, 0.25) is 0 Å². The fourth-order valence-electron chi connectivity index (χ4n) is 8.64. The molecule has 6 fully saturated rings. The van der Waals surface area contributed by atoms with Crippen LogP contribution in [-0.2, 0) is 4.74 Å². The molecule has 4 bridgehead atoms. The molecule has 0 saturated heterocycles. The van der Waals surface area contributed by atoms with Crippen LogP contribution in [0, 0.1) is 64.1 Å². The molecule has 1 nitrogen and oxygen atoms in total. The summed E-state index contributed by atoms with van der Waals surface area (Å²) in [6.45, 7) is 18.5. The number of hydrogen-bond acceptors (Lipinski definition) is 1. The Hall–Kier alpha value is -0.460. The van der Waals surface area contributed by atoms with Crippen molar-refractivity contribution < 1.29 is 4.74 Å². The molecule has 160 valence electrons. The number of rotatable bonds is 7. The highest BCUT2D eigenvalue weighted by Gasteiger charge is 2.61. The van der Waals surface area contributed by atoms with E-state index >= 15 is 0 Å². The minimum Gasteiger partial charge on any atom is -0.502 e. The predicted molar refractivity (Wildman–Crippen MR) is 119 cm³/mol. The van der Waals surface area contributed by atoms with E-state index in [1.807, 2.05) is 6.26 Å². The van der Waals surface area contributed by atoms with Gasteiger partial charge >= 0.3 is 0 Å². The van der Waals surface area contributed by atoms with Gasteiger partial charge in [-0.3, -0.25) is 0 Å². The van der Waals surface area contributed by atoms with Gasteiger partial charge in [-0.2, -0.15) is 0 Å². The molecule has 6 aliphatic carbocycles. The van der Waals surface area contributed by atoms with Crippen LogP contribution in [-0.4, -0.2) is 6.61 Å². The van der Waals surface area contributed by atoms with Crippen LogP contribution in [0.25, 0.3) is 0 Å². The van der Waals surface area contributed by atoms with Gasteiger partial charge in [-0.25, -0.2) is 0 Å². The van der Waals surface area contributed by atoms with E-state index in [0.717, 1.165) is 66.3 Å². The second-order valence-corrected chi connectivity index (χ2v) is 12.4. The molecule has 0 N–H and O–H groups in total. The van der Waals surface area contributed by atoms with Crippen LogP contribution in [0.3, 0.4) is 0 Å². The molecule has 0 aromatic heterocycles. The summed E-state index contributed by atoms with van der Waals surface area (Å²) in [5, 5.41) is 0. The molecule has 0 radical (unpaired) electrons. The minimum absolute atomic E-state index is 0.600. The van der Waals surface area contributed by atoms with Gasteiger partial charge in [0.05, 0.1) is 12.9 Å². The summed E-state index contributed by atoms with van der Waals surface area (Å²) >= 11 is 0. The third-order valence-electron chi connectivity index (χ3n) is 10.8. The molecule has 1 heteroatoms. The standard InChI is InChI=1S/C27H46O/c1-8-11-28-12-9-10-21(22-13-19-15-24(17(22)2)26(19,4)5)23-14-20-16-25(18(23)3)27(20,6)7/h9,12,17-25H,8,10-11,13-16H2,1-7H3/b12-9-/t17-,18-,19?,20?,21?,22+,23+,24?,25?/m0/s1. The van der Waals surface area contributed by atoms with Crippen molar-refractivity contribution in [3.63, 3.8) is 0 Å². The Kier molecular flexibility index (Phi) is 5.46. The zero-order valence-electron chi connectivity index (χ0n) is 19.7. The lowest BCUT2D eigenvalue weighted by molar-refractivity contribution is -0.177. The predicted octanol–water partition coefficient (Wildman–Crippen LogP) is 7.57. The molecule has 0 spiro atoms. The van der Waals surface area contributed by atoms with Gasteiger partial charge in [-0.15, -0.1) is 0 Å². The maximum Gasteiger partial charge on any atom is 0.0870 e. The maximum atomic E-state index is 5.71. The van der Waals surface area contributed by atoms with E-state index < -0.39 is 0 Å². The van der Waals surface area contributed by atoms with Crippen LogP contribution in [0.15, 0.2) is 12.3 Å². The molecular formula is C27H46O. The van der Waals surface area contributed by atoms with Gasteiger partial charge in [0.15, 0.2) is 0 Å². The summed E-state index contributed by atoms with van der Waals surface area (Å²) in [5.74, 6) is 8.41. The van der Waals surface area contributed by atoms with Gasteiger partial charge in [-0.05, 0) is 109 Å². The van der Waals surface area contributed by atoms with Crippen molar-refractivity contribution >= 4 is 0 Å². The Morgan fingerprint density at radius 1 is 0.857 bits per heavy atom. The van der Waals surface area contributed by atoms with Crippen LogP contribution >= 0.6 is 0 Å². The molecule has 0 heterocycles. The monoisotopic (exact) mass is 386 g/mol. The molecular weight excluding hydrogens is 340 g/mol. The van der Waals surface area contributed by atoms with Crippen molar-refractivity contribution in [3.05, 3.63) is 12.3 Å². The zero-order valence-corrected chi connectivity index (χ0v) is 19.7. The lowest BCUT2D eigenvalue weighted by Crippen LogP contribution is -2.59. The smallest absolute Gasteiger partial charge is 0.0870 e. The second-order valence-electron chi connectivity index (χ2n) is 12.4. The Bertz CT molecular complexity index is 545. The molecule has 0 aromatic carbocycles. The summed E-state index contributed by atoms with van der Waals surface area (Å²) < 4.78 is 5.71. The van der Waals surface area contributed by atoms with Crippen molar-refractivity contribution in [2.75, 3.05) is 6.61 Å². The normalized spacial score (nSPS) is 46.5. The highest BCUT2D eigenvalue weighted by atomic mass is 16.5. The SMILES string of the molecule is CCCO/C=C\CC([C@@H]1CC2CC([C@H]1C)C2(C)C)[C@@H]1CC2CC([C@H]1C)C2(C)C. The molecule has 6 saturated carbocycles. The molecule has 28 heavy (non-hydrogen) atoms. The summed E-state index contributed by atoms with van der Waals surface area (Å²) in [4.78, 5) is 0. The number of hydrogen-bond donors (Lipinski definition) is 0. The minimum atomic E-state index is 0.600.